The molecule has 0 bridgehead atoms. The molecule has 80 valence electrons. The van der Waals surface area contributed by atoms with Crippen LogP contribution in [0.25, 0.3) is 0 Å². The Morgan fingerprint density at radius 3 is 2.36 bits per heavy atom. The average Bonchev–Trinajstić information content (AvgIpc) is 2.22. The molecule has 0 aliphatic carbocycles. The van der Waals surface area contributed by atoms with Gasteiger partial charge in [0.2, 0.25) is 0 Å². The van der Waals surface area contributed by atoms with Gasteiger partial charge in [0.15, 0.2) is 0 Å². The molecule has 1 heteroatoms. The second-order valence-electron chi connectivity index (χ2n) is 3.47. The largest absolute Gasteiger partial charge is 0.303 e. The van der Waals surface area contributed by atoms with Gasteiger partial charge in [0.05, 0.1) is 0 Å². The summed E-state index contributed by atoms with van der Waals surface area (Å²) < 4.78 is 0. The number of carbonyl (C=O) groups excluding carboxylic acids is 1. The summed E-state index contributed by atoms with van der Waals surface area (Å²) in [7, 11) is 0. The fraction of sp³-hybridized carbons (Fsp3) is 0.615. The number of rotatable bonds is 8. The van der Waals surface area contributed by atoms with Gasteiger partial charge in [0.1, 0.15) is 6.29 Å². The highest BCUT2D eigenvalue weighted by molar-refractivity contribution is 5.53. The first kappa shape index (κ1) is 13.2. The molecular formula is C13H22O. The van der Waals surface area contributed by atoms with Crippen molar-refractivity contribution >= 4 is 6.29 Å². The van der Waals surface area contributed by atoms with Crippen LogP contribution < -0.4 is 0 Å². The molecule has 0 saturated carbocycles. The maximum absolute atomic E-state index is 10.5. The van der Waals surface area contributed by atoms with Gasteiger partial charge in [-0.05, 0) is 32.1 Å². The molecule has 0 fully saturated rings. The Bertz CT molecular complexity index is 180. The lowest BCUT2D eigenvalue weighted by atomic mass is 10.0. The second kappa shape index (κ2) is 10.2. The standard InChI is InChI=1S/C13H22O/c1-3-5-6-7-8-9-10-11-13(4-2)12-14/h5-6,8-9,12-13H,3-4,7,10-11H2,1-2H3/b6-5+,9-8+. The highest BCUT2D eigenvalue weighted by Crippen LogP contribution is 2.08. The predicted molar refractivity (Wildman–Crippen MR) is 62.3 cm³/mol. The minimum atomic E-state index is 0.255. The van der Waals surface area contributed by atoms with E-state index in [1.807, 2.05) is 0 Å². The van der Waals surface area contributed by atoms with Crippen molar-refractivity contribution in [1.82, 2.24) is 0 Å². The Balaban J connectivity index is 3.42. The predicted octanol–water partition coefficient (Wildman–Crippen LogP) is 3.90. The van der Waals surface area contributed by atoms with Crippen LogP contribution in [0.3, 0.4) is 0 Å². The SMILES string of the molecule is CC/C=C/C/C=C/CCC(C=O)CC. The summed E-state index contributed by atoms with van der Waals surface area (Å²) in [5.74, 6) is 0.255. The fourth-order valence-electron chi connectivity index (χ4n) is 1.23. The molecular weight excluding hydrogens is 172 g/mol. The number of aldehydes is 1. The Kier molecular flexibility index (Phi) is 9.61. The average molecular weight is 194 g/mol. The Morgan fingerprint density at radius 2 is 1.79 bits per heavy atom. The van der Waals surface area contributed by atoms with E-state index in [1.165, 1.54) is 0 Å². The Morgan fingerprint density at radius 1 is 1.07 bits per heavy atom. The van der Waals surface area contributed by atoms with E-state index in [2.05, 4.69) is 38.2 Å². The zero-order chi connectivity index (χ0) is 10.6. The van der Waals surface area contributed by atoms with Gasteiger partial charge in [-0.2, -0.15) is 0 Å². The molecule has 0 spiro atoms. The van der Waals surface area contributed by atoms with Crippen molar-refractivity contribution in [2.45, 2.75) is 46.0 Å². The zero-order valence-corrected chi connectivity index (χ0v) is 9.41. The molecule has 0 radical (unpaired) electrons. The number of carbonyl (C=O) groups is 1. The topological polar surface area (TPSA) is 17.1 Å². The van der Waals surface area contributed by atoms with Crippen molar-refractivity contribution in [1.29, 1.82) is 0 Å². The monoisotopic (exact) mass is 194 g/mol. The third-order valence-electron chi connectivity index (χ3n) is 2.26. The van der Waals surface area contributed by atoms with E-state index in [-0.39, 0.29) is 5.92 Å². The van der Waals surface area contributed by atoms with E-state index in [9.17, 15) is 4.79 Å². The molecule has 0 N–H and O–H groups in total. The minimum Gasteiger partial charge on any atom is -0.303 e. The zero-order valence-electron chi connectivity index (χ0n) is 9.41. The highest BCUT2D eigenvalue weighted by Gasteiger charge is 2.00. The molecule has 0 heterocycles. The van der Waals surface area contributed by atoms with Gasteiger partial charge in [-0.25, -0.2) is 0 Å². The van der Waals surface area contributed by atoms with Crippen LogP contribution in [0.1, 0.15) is 46.0 Å². The minimum absolute atomic E-state index is 0.255. The first-order valence-corrected chi connectivity index (χ1v) is 5.60. The van der Waals surface area contributed by atoms with Gasteiger partial charge in [0, 0.05) is 5.92 Å². The summed E-state index contributed by atoms with van der Waals surface area (Å²) in [5.41, 5.74) is 0. The third-order valence-corrected chi connectivity index (χ3v) is 2.26. The van der Waals surface area contributed by atoms with Crippen molar-refractivity contribution < 1.29 is 4.79 Å². The lowest BCUT2D eigenvalue weighted by Gasteiger charge is -2.02. The van der Waals surface area contributed by atoms with E-state index in [0.29, 0.717) is 0 Å². The summed E-state index contributed by atoms with van der Waals surface area (Å²) >= 11 is 0. The van der Waals surface area contributed by atoms with Crippen molar-refractivity contribution in [2.75, 3.05) is 0 Å². The number of hydrogen-bond acceptors (Lipinski definition) is 1. The maximum atomic E-state index is 10.5. The molecule has 0 aromatic rings. The summed E-state index contributed by atoms with van der Waals surface area (Å²) in [6.07, 6.45) is 14.9. The van der Waals surface area contributed by atoms with E-state index in [4.69, 9.17) is 0 Å². The van der Waals surface area contributed by atoms with Gasteiger partial charge in [-0.1, -0.05) is 38.2 Å². The molecule has 0 aliphatic heterocycles. The molecule has 0 amide bonds. The van der Waals surface area contributed by atoms with Crippen molar-refractivity contribution in [2.24, 2.45) is 5.92 Å². The smallest absolute Gasteiger partial charge is 0.123 e. The lowest BCUT2D eigenvalue weighted by molar-refractivity contribution is -0.111. The second-order valence-corrected chi connectivity index (χ2v) is 3.47. The van der Waals surface area contributed by atoms with E-state index in [1.54, 1.807) is 0 Å². The summed E-state index contributed by atoms with van der Waals surface area (Å²) in [4.78, 5) is 10.5. The molecule has 0 aromatic heterocycles. The molecule has 1 atom stereocenters. The fourth-order valence-corrected chi connectivity index (χ4v) is 1.23. The van der Waals surface area contributed by atoms with Gasteiger partial charge < -0.3 is 4.79 Å². The van der Waals surface area contributed by atoms with Crippen LogP contribution in [-0.4, -0.2) is 6.29 Å². The van der Waals surface area contributed by atoms with Crippen LogP contribution in [0.5, 0.6) is 0 Å². The van der Waals surface area contributed by atoms with Crippen LogP contribution in [-0.2, 0) is 4.79 Å². The molecule has 1 unspecified atom stereocenters. The quantitative estimate of drug-likeness (QED) is 0.423. The van der Waals surface area contributed by atoms with Crippen LogP contribution in [0, 0.1) is 5.92 Å². The Labute approximate surface area is 87.9 Å². The molecule has 0 rings (SSSR count). The summed E-state index contributed by atoms with van der Waals surface area (Å²) in [6.45, 7) is 4.20. The van der Waals surface area contributed by atoms with Gasteiger partial charge in [0.25, 0.3) is 0 Å². The van der Waals surface area contributed by atoms with Gasteiger partial charge in [-0.15, -0.1) is 0 Å². The van der Waals surface area contributed by atoms with E-state index < -0.39 is 0 Å². The van der Waals surface area contributed by atoms with E-state index >= 15 is 0 Å². The normalized spacial score (nSPS) is 13.9. The van der Waals surface area contributed by atoms with Crippen LogP contribution >= 0.6 is 0 Å². The number of hydrogen-bond donors (Lipinski definition) is 0. The Hall–Kier alpha value is -0.850. The molecule has 1 nitrogen and oxygen atoms in total. The molecule has 0 aromatic carbocycles. The third kappa shape index (κ3) is 7.78. The van der Waals surface area contributed by atoms with Gasteiger partial charge >= 0.3 is 0 Å². The van der Waals surface area contributed by atoms with Gasteiger partial charge in [-0.3, -0.25) is 0 Å². The van der Waals surface area contributed by atoms with Crippen LogP contribution in [0.15, 0.2) is 24.3 Å². The molecule has 14 heavy (non-hydrogen) atoms. The van der Waals surface area contributed by atoms with Crippen LogP contribution in [0.2, 0.25) is 0 Å². The number of allylic oxidation sites excluding steroid dienone is 4. The summed E-state index contributed by atoms with van der Waals surface area (Å²) in [6, 6.07) is 0. The maximum Gasteiger partial charge on any atom is 0.123 e. The lowest BCUT2D eigenvalue weighted by Crippen LogP contribution is -1.98. The summed E-state index contributed by atoms with van der Waals surface area (Å²) in [5, 5.41) is 0. The molecule has 0 aliphatic rings. The van der Waals surface area contributed by atoms with Crippen molar-refractivity contribution in [3.05, 3.63) is 24.3 Å². The van der Waals surface area contributed by atoms with Crippen LogP contribution in [0.4, 0.5) is 0 Å². The van der Waals surface area contributed by atoms with Crippen molar-refractivity contribution in [3.8, 4) is 0 Å². The van der Waals surface area contributed by atoms with Crippen molar-refractivity contribution in [3.63, 3.8) is 0 Å². The highest BCUT2D eigenvalue weighted by atomic mass is 16.1. The van der Waals surface area contributed by atoms with E-state index in [0.717, 1.165) is 38.4 Å². The molecule has 0 saturated heterocycles. The first-order chi connectivity index (χ1) is 6.85. The first-order valence-electron chi connectivity index (χ1n) is 5.60.